The van der Waals surface area contributed by atoms with E-state index in [1.807, 2.05) is 0 Å². The number of aliphatic hydroxyl groups excluding tert-OH is 1. The van der Waals surface area contributed by atoms with Crippen molar-refractivity contribution < 1.29 is 23.5 Å². The van der Waals surface area contributed by atoms with Gasteiger partial charge in [0.05, 0.1) is 25.0 Å². The van der Waals surface area contributed by atoms with E-state index in [1.165, 1.54) is 12.4 Å². The number of hydrogen-bond acceptors (Lipinski definition) is 7. The summed E-state index contributed by atoms with van der Waals surface area (Å²) in [5, 5.41) is 14.3. The second kappa shape index (κ2) is 6.85. The van der Waals surface area contributed by atoms with Crippen LogP contribution in [0.2, 0.25) is 0 Å². The molecular formula is C13H16N4O5. The lowest BCUT2D eigenvalue weighted by Gasteiger charge is -2.15. The average molecular weight is 308 g/mol. The SMILES string of the molecule is Cc1cnc(C(=O)NC[C@H](CO)NC(=O)c2ncc(C)o2)o1. The van der Waals surface area contributed by atoms with Crippen LogP contribution in [0.25, 0.3) is 0 Å². The highest BCUT2D eigenvalue weighted by Gasteiger charge is 2.19. The predicted molar refractivity (Wildman–Crippen MR) is 73.2 cm³/mol. The molecule has 0 bridgehead atoms. The van der Waals surface area contributed by atoms with Gasteiger partial charge in [0, 0.05) is 6.54 Å². The zero-order valence-corrected chi connectivity index (χ0v) is 12.1. The van der Waals surface area contributed by atoms with E-state index in [4.69, 9.17) is 8.83 Å². The largest absolute Gasteiger partial charge is 0.438 e. The number of aryl methyl sites for hydroxylation is 2. The van der Waals surface area contributed by atoms with Gasteiger partial charge in [0.2, 0.25) is 0 Å². The Morgan fingerprint density at radius 2 is 1.68 bits per heavy atom. The fourth-order valence-corrected chi connectivity index (χ4v) is 1.62. The van der Waals surface area contributed by atoms with Gasteiger partial charge in [-0.2, -0.15) is 0 Å². The van der Waals surface area contributed by atoms with Crippen LogP contribution in [0.15, 0.2) is 21.2 Å². The molecule has 0 unspecified atom stereocenters. The summed E-state index contributed by atoms with van der Waals surface area (Å²) in [5.74, 6) is -0.287. The molecule has 22 heavy (non-hydrogen) atoms. The Kier molecular flexibility index (Phi) is 4.89. The first-order valence-corrected chi connectivity index (χ1v) is 6.54. The van der Waals surface area contributed by atoms with E-state index < -0.39 is 17.9 Å². The van der Waals surface area contributed by atoms with E-state index in [-0.39, 0.29) is 24.9 Å². The van der Waals surface area contributed by atoms with Gasteiger partial charge in [-0.15, -0.1) is 0 Å². The van der Waals surface area contributed by atoms with Crippen LogP contribution in [-0.2, 0) is 0 Å². The minimum atomic E-state index is -0.695. The van der Waals surface area contributed by atoms with Crippen molar-refractivity contribution in [1.29, 1.82) is 0 Å². The number of oxazole rings is 2. The maximum atomic E-state index is 11.8. The number of carbonyl (C=O) groups is 2. The lowest BCUT2D eigenvalue weighted by molar-refractivity contribution is 0.0851. The first-order chi connectivity index (χ1) is 10.5. The summed E-state index contributed by atoms with van der Waals surface area (Å²) in [7, 11) is 0. The summed E-state index contributed by atoms with van der Waals surface area (Å²) in [6.45, 7) is 2.96. The molecule has 0 saturated carbocycles. The van der Waals surface area contributed by atoms with E-state index in [9.17, 15) is 14.7 Å². The Labute approximate surface area is 125 Å². The van der Waals surface area contributed by atoms with Crippen LogP contribution in [-0.4, -0.2) is 46.1 Å². The third-order valence-corrected chi connectivity index (χ3v) is 2.70. The van der Waals surface area contributed by atoms with Gasteiger partial charge >= 0.3 is 11.8 Å². The van der Waals surface area contributed by atoms with Crippen molar-refractivity contribution in [3.8, 4) is 0 Å². The van der Waals surface area contributed by atoms with Gasteiger partial charge in [0.1, 0.15) is 11.5 Å². The van der Waals surface area contributed by atoms with E-state index in [0.29, 0.717) is 11.5 Å². The summed E-state index contributed by atoms with van der Waals surface area (Å²) in [6.07, 6.45) is 2.83. The quantitative estimate of drug-likeness (QED) is 0.673. The van der Waals surface area contributed by atoms with Crippen molar-refractivity contribution in [2.24, 2.45) is 0 Å². The second-order valence-corrected chi connectivity index (χ2v) is 4.62. The maximum Gasteiger partial charge on any atom is 0.307 e. The molecule has 118 valence electrons. The number of amides is 2. The molecule has 0 saturated heterocycles. The van der Waals surface area contributed by atoms with E-state index in [0.717, 1.165) is 0 Å². The van der Waals surface area contributed by atoms with Crippen molar-refractivity contribution in [2.45, 2.75) is 19.9 Å². The minimum Gasteiger partial charge on any atom is -0.438 e. The smallest absolute Gasteiger partial charge is 0.307 e. The summed E-state index contributed by atoms with van der Waals surface area (Å²) in [5.41, 5.74) is 0. The molecular weight excluding hydrogens is 292 g/mol. The number of aliphatic hydroxyl groups is 1. The third-order valence-electron chi connectivity index (χ3n) is 2.70. The zero-order chi connectivity index (χ0) is 16.1. The van der Waals surface area contributed by atoms with Gasteiger partial charge in [-0.3, -0.25) is 9.59 Å². The molecule has 0 spiro atoms. The van der Waals surface area contributed by atoms with Crippen molar-refractivity contribution >= 4 is 11.8 Å². The Bertz CT molecular complexity index is 663. The highest BCUT2D eigenvalue weighted by Crippen LogP contribution is 2.02. The topological polar surface area (TPSA) is 130 Å². The van der Waals surface area contributed by atoms with Gasteiger partial charge in [0.25, 0.3) is 11.8 Å². The molecule has 0 aliphatic carbocycles. The summed E-state index contributed by atoms with van der Waals surface area (Å²) < 4.78 is 10.1. The zero-order valence-electron chi connectivity index (χ0n) is 12.1. The van der Waals surface area contributed by atoms with Crippen LogP contribution in [0, 0.1) is 13.8 Å². The molecule has 0 aromatic carbocycles. The fourth-order valence-electron chi connectivity index (χ4n) is 1.62. The molecule has 3 N–H and O–H groups in total. The first-order valence-electron chi connectivity index (χ1n) is 6.54. The highest BCUT2D eigenvalue weighted by atomic mass is 16.4. The van der Waals surface area contributed by atoms with Crippen LogP contribution >= 0.6 is 0 Å². The molecule has 2 rings (SSSR count). The Morgan fingerprint density at radius 3 is 2.14 bits per heavy atom. The van der Waals surface area contributed by atoms with Gasteiger partial charge in [-0.25, -0.2) is 9.97 Å². The fraction of sp³-hybridized carbons (Fsp3) is 0.385. The third kappa shape index (κ3) is 3.92. The molecule has 0 aliphatic heterocycles. The number of aromatic nitrogens is 2. The highest BCUT2D eigenvalue weighted by molar-refractivity contribution is 5.90. The van der Waals surface area contributed by atoms with Crippen LogP contribution in [0.4, 0.5) is 0 Å². The Morgan fingerprint density at radius 1 is 1.14 bits per heavy atom. The normalized spacial score (nSPS) is 12.0. The van der Waals surface area contributed by atoms with Crippen LogP contribution in [0.3, 0.4) is 0 Å². The van der Waals surface area contributed by atoms with E-state index in [1.54, 1.807) is 13.8 Å². The van der Waals surface area contributed by atoms with Crippen LogP contribution in [0.1, 0.15) is 32.9 Å². The molecule has 1 atom stereocenters. The Balaban J connectivity index is 1.87. The van der Waals surface area contributed by atoms with Gasteiger partial charge in [-0.1, -0.05) is 0 Å². The van der Waals surface area contributed by atoms with Gasteiger partial charge < -0.3 is 24.6 Å². The number of nitrogens with zero attached hydrogens (tertiary/aromatic N) is 2. The molecule has 0 aliphatic rings. The van der Waals surface area contributed by atoms with E-state index >= 15 is 0 Å². The average Bonchev–Trinajstić information content (AvgIpc) is 3.11. The molecule has 0 radical (unpaired) electrons. The summed E-state index contributed by atoms with van der Waals surface area (Å²) >= 11 is 0. The first kappa shape index (κ1) is 15.7. The molecule has 2 aromatic rings. The molecule has 2 heterocycles. The summed E-state index contributed by atoms with van der Waals surface area (Å²) in [6, 6.07) is -0.695. The lowest BCUT2D eigenvalue weighted by atomic mass is 10.3. The second-order valence-electron chi connectivity index (χ2n) is 4.62. The lowest BCUT2D eigenvalue weighted by Crippen LogP contribution is -2.46. The van der Waals surface area contributed by atoms with Crippen LogP contribution in [0.5, 0.6) is 0 Å². The minimum absolute atomic E-state index is 0.00217. The monoisotopic (exact) mass is 308 g/mol. The standard InChI is InChI=1S/C13H16N4O5/c1-7-3-15-12(21-7)10(19)14-5-9(6-18)17-11(20)13-16-4-8(2)22-13/h3-4,9,18H,5-6H2,1-2H3,(H,14,19)(H,17,20)/t9-/m1/s1. The van der Waals surface area contributed by atoms with Gasteiger partial charge in [-0.05, 0) is 13.8 Å². The van der Waals surface area contributed by atoms with Gasteiger partial charge in [0.15, 0.2) is 0 Å². The van der Waals surface area contributed by atoms with Crippen LogP contribution < -0.4 is 10.6 Å². The Hall–Kier alpha value is -2.68. The molecule has 0 fully saturated rings. The molecule has 2 aromatic heterocycles. The molecule has 2 amide bonds. The van der Waals surface area contributed by atoms with Crippen molar-refractivity contribution in [2.75, 3.05) is 13.2 Å². The van der Waals surface area contributed by atoms with Crippen molar-refractivity contribution in [3.63, 3.8) is 0 Å². The predicted octanol–water partition coefficient (Wildman–Crippen LogP) is -0.200. The number of nitrogens with one attached hydrogen (secondary N) is 2. The molecule has 9 nitrogen and oxygen atoms in total. The number of hydrogen-bond donors (Lipinski definition) is 3. The maximum absolute atomic E-state index is 11.8. The number of rotatable bonds is 6. The van der Waals surface area contributed by atoms with Crippen molar-refractivity contribution in [1.82, 2.24) is 20.6 Å². The summed E-state index contributed by atoms with van der Waals surface area (Å²) in [4.78, 5) is 31.1. The van der Waals surface area contributed by atoms with Crippen molar-refractivity contribution in [3.05, 3.63) is 35.7 Å². The molecule has 9 heteroatoms. The number of carbonyl (C=O) groups excluding carboxylic acids is 2. The van der Waals surface area contributed by atoms with E-state index in [2.05, 4.69) is 20.6 Å².